The van der Waals surface area contributed by atoms with Crippen molar-refractivity contribution < 1.29 is 29.3 Å². The molecule has 10 heteroatoms. The minimum atomic E-state index is -1.03. The van der Waals surface area contributed by atoms with Crippen molar-refractivity contribution in [2.24, 2.45) is 0 Å². The molecule has 1 aromatic heterocycles. The summed E-state index contributed by atoms with van der Waals surface area (Å²) in [6.45, 7) is 0.700. The summed E-state index contributed by atoms with van der Waals surface area (Å²) >= 11 is 0. The molecular weight excluding hydrogens is 380 g/mol. The average molecular weight is 402 g/mol. The third-order valence-electron chi connectivity index (χ3n) is 3.67. The Bertz CT molecular complexity index is 844. The van der Waals surface area contributed by atoms with Gasteiger partial charge >= 0.3 is 12.0 Å². The molecule has 29 heavy (non-hydrogen) atoms. The number of hydrogen-bond donors (Lipinski definition) is 5. The number of phenolic OH excluding ortho intramolecular Hbond substituents is 1. The fourth-order valence-corrected chi connectivity index (χ4v) is 2.25. The minimum Gasteiger partial charge on any atom is -0.507 e. The van der Waals surface area contributed by atoms with Crippen molar-refractivity contribution in [3.05, 3.63) is 53.9 Å². The van der Waals surface area contributed by atoms with Gasteiger partial charge in [0.1, 0.15) is 18.1 Å². The number of phenols is 1. The van der Waals surface area contributed by atoms with E-state index in [2.05, 4.69) is 20.9 Å². The Hall–Kier alpha value is -3.82. The number of hydrogen-bond acceptors (Lipinski definition) is 6. The van der Waals surface area contributed by atoms with Crippen LogP contribution in [0.15, 0.2) is 42.7 Å². The van der Waals surface area contributed by atoms with Gasteiger partial charge in [0, 0.05) is 31.5 Å². The van der Waals surface area contributed by atoms with Crippen LogP contribution in [-0.4, -0.2) is 52.8 Å². The number of carboxylic acid groups (broad SMARTS) is 1. The molecule has 0 aliphatic rings. The van der Waals surface area contributed by atoms with Gasteiger partial charge < -0.3 is 30.9 Å². The van der Waals surface area contributed by atoms with Crippen LogP contribution in [0, 0.1) is 0 Å². The zero-order valence-corrected chi connectivity index (χ0v) is 15.6. The zero-order valence-electron chi connectivity index (χ0n) is 15.6. The number of aliphatic carboxylic acids is 1. The average Bonchev–Trinajstić information content (AvgIpc) is 2.70. The lowest BCUT2D eigenvalue weighted by molar-refractivity contribution is -0.136. The first-order valence-corrected chi connectivity index (χ1v) is 8.82. The maximum absolute atomic E-state index is 11.9. The lowest BCUT2D eigenvalue weighted by Gasteiger charge is -2.11. The normalized spacial score (nSPS) is 10.1. The number of ether oxygens (including phenoxy) is 1. The van der Waals surface area contributed by atoms with Crippen LogP contribution in [0.3, 0.4) is 0 Å². The molecule has 0 aliphatic heterocycles. The van der Waals surface area contributed by atoms with Crippen LogP contribution >= 0.6 is 0 Å². The Morgan fingerprint density at radius 1 is 1.07 bits per heavy atom. The highest BCUT2D eigenvalue weighted by atomic mass is 16.5. The molecule has 10 nitrogen and oxygen atoms in total. The number of rotatable bonds is 10. The molecule has 2 aromatic rings. The van der Waals surface area contributed by atoms with Gasteiger partial charge in [0.25, 0.3) is 5.91 Å². The summed E-state index contributed by atoms with van der Waals surface area (Å²) in [6, 6.07) is 7.41. The first-order valence-electron chi connectivity index (χ1n) is 8.82. The van der Waals surface area contributed by atoms with Gasteiger partial charge in [-0.25, -0.2) is 4.79 Å². The molecule has 0 atom stereocenters. The maximum Gasteiger partial charge on any atom is 0.315 e. The molecule has 0 fully saturated rings. The van der Waals surface area contributed by atoms with Gasteiger partial charge in [0.2, 0.25) is 0 Å². The predicted molar refractivity (Wildman–Crippen MR) is 103 cm³/mol. The molecule has 0 spiro atoms. The van der Waals surface area contributed by atoms with E-state index < -0.39 is 11.9 Å². The van der Waals surface area contributed by atoms with E-state index in [4.69, 9.17) is 9.84 Å². The Balaban J connectivity index is 1.69. The number of pyridine rings is 1. The van der Waals surface area contributed by atoms with E-state index in [1.54, 1.807) is 18.5 Å². The first-order chi connectivity index (χ1) is 14.0. The van der Waals surface area contributed by atoms with Crippen molar-refractivity contribution in [2.45, 2.75) is 13.0 Å². The Morgan fingerprint density at radius 3 is 2.59 bits per heavy atom. The second-order valence-corrected chi connectivity index (χ2v) is 5.90. The first kappa shape index (κ1) is 21.5. The van der Waals surface area contributed by atoms with E-state index in [-0.39, 0.29) is 43.5 Å². The predicted octanol–water partition coefficient (Wildman–Crippen LogP) is 0.870. The highest BCUT2D eigenvalue weighted by Crippen LogP contribution is 2.23. The summed E-state index contributed by atoms with van der Waals surface area (Å²) in [5.41, 5.74) is 0.886. The molecule has 0 bridgehead atoms. The smallest absolute Gasteiger partial charge is 0.315 e. The standard InChI is InChI=1S/C19H22N4O6/c24-16-10-14(3-4-15(16)18(27)21-7-5-17(25)26)29-9-8-22-19(28)23-12-13-2-1-6-20-11-13/h1-4,6,10-11,24H,5,7-9,12H2,(H,21,27)(H,25,26)(H2,22,23,28). The zero-order chi connectivity index (χ0) is 21.1. The summed E-state index contributed by atoms with van der Waals surface area (Å²) in [4.78, 5) is 38.0. The number of urea groups is 1. The number of aromatic hydroxyl groups is 1. The second kappa shape index (κ2) is 11.1. The number of nitrogens with zero attached hydrogens (tertiary/aromatic N) is 1. The van der Waals surface area contributed by atoms with Crippen molar-refractivity contribution in [3.8, 4) is 11.5 Å². The van der Waals surface area contributed by atoms with Crippen LogP contribution in [-0.2, 0) is 11.3 Å². The fourth-order valence-electron chi connectivity index (χ4n) is 2.25. The Labute approximate surface area is 166 Å². The Morgan fingerprint density at radius 2 is 1.90 bits per heavy atom. The minimum absolute atomic E-state index is 0.00985. The van der Waals surface area contributed by atoms with E-state index in [1.165, 1.54) is 18.2 Å². The van der Waals surface area contributed by atoms with E-state index in [1.807, 2.05) is 6.07 Å². The van der Waals surface area contributed by atoms with Gasteiger partial charge in [-0.15, -0.1) is 0 Å². The number of nitrogens with one attached hydrogen (secondary N) is 3. The lowest BCUT2D eigenvalue weighted by Crippen LogP contribution is -2.37. The topological polar surface area (TPSA) is 150 Å². The van der Waals surface area contributed by atoms with Crippen LogP contribution in [0.1, 0.15) is 22.3 Å². The molecule has 0 saturated carbocycles. The summed E-state index contributed by atoms with van der Waals surface area (Å²) in [5, 5.41) is 26.2. The van der Waals surface area contributed by atoms with Crippen molar-refractivity contribution >= 4 is 17.9 Å². The van der Waals surface area contributed by atoms with E-state index in [0.717, 1.165) is 5.56 Å². The van der Waals surface area contributed by atoms with Crippen LogP contribution in [0.5, 0.6) is 11.5 Å². The highest BCUT2D eigenvalue weighted by Gasteiger charge is 2.12. The number of amides is 3. The molecule has 0 aliphatic carbocycles. The SMILES string of the molecule is O=C(O)CCNC(=O)c1ccc(OCCNC(=O)NCc2cccnc2)cc1O. The second-order valence-electron chi connectivity index (χ2n) is 5.90. The summed E-state index contributed by atoms with van der Waals surface area (Å²) < 4.78 is 5.43. The molecule has 3 amide bonds. The molecule has 0 radical (unpaired) electrons. The maximum atomic E-state index is 11.9. The molecule has 1 aromatic carbocycles. The summed E-state index contributed by atoms with van der Waals surface area (Å²) in [5.74, 6) is -1.58. The van der Waals surface area contributed by atoms with Gasteiger partial charge in [-0.05, 0) is 23.8 Å². The van der Waals surface area contributed by atoms with Crippen LogP contribution in [0.4, 0.5) is 4.79 Å². The molecular formula is C19H22N4O6. The van der Waals surface area contributed by atoms with E-state index in [0.29, 0.717) is 12.3 Å². The Kier molecular flexibility index (Phi) is 8.24. The van der Waals surface area contributed by atoms with Crippen LogP contribution < -0.4 is 20.7 Å². The monoisotopic (exact) mass is 402 g/mol. The van der Waals surface area contributed by atoms with Crippen molar-refractivity contribution in [3.63, 3.8) is 0 Å². The number of carbonyl (C=O) groups excluding carboxylic acids is 2. The van der Waals surface area contributed by atoms with Gasteiger partial charge in [-0.1, -0.05) is 6.07 Å². The molecule has 0 unspecified atom stereocenters. The highest BCUT2D eigenvalue weighted by molar-refractivity contribution is 5.97. The number of carboxylic acids is 1. The molecule has 5 N–H and O–H groups in total. The summed E-state index contributed by atoms with van der Waals surface area (Å²) in [6.07, 6.45) is 3.10. The molecule has 0 saturated heterocycles. The van der Waals surface area contributed by atoms with Crippen LogP contribution in [0.2, 0.25) is 0 Å². The summed E-state index contributed by atoms with van der Waals surface area (Å²) in [7, 11) is 0. The quantitative estimate of drug-likeness (QED) is 0.370. The van der Waals surface area contributed by atoms with Gasteiger partial charge in [-0.3, -0.25) is 14.6 Å². The van der Waals surface area contributed by atoms with Gasteiger partial charge in [0.15, 0.2) is 0 Å². The third kappa shape index (κ3) is 7.75. The van der Waals surface area contributed by atoms with Crippen molar-refractivity contribution in [1.29, 1.82) is 0 Å². The molecule has 2 rings (SSSR count). The molecule has 154 valence electrons. The fraction of sp³-hybridized carbons (Fsp3) is 0.263. The van der Waals surface area contributed by atoms with E-state index in [9.17, 15) is 19.5 Å². The third-order valence-corrected chi connectivity index (χ3v) is 3.67. The van der Waals surface area contributed by atoms with E-state index >= 15 is 0 Å². The molecule has 1 heterocycles. The van der Waals surface area contributed by atoms with Crippen LogP contribution in [0.25, 0.3) is 0 Å². The lowest BCUT2D eigenvalue weighted by atomic mass is 10.1. The van der Waals surface area contributed by atoms with Crippen molar-refractivity contribution in [2.75, 3.05) is 19.7 Å². The number of aromatic nitrogens is 1. The largest absolute Gasteiger partial charge is 0.507 e. The van der Waals surface area contributed by atoms with Gasteiger partial charge in [-0.2, -0.15) is 0 Å². The number of carbonyl (C=O) groups is 3. The van der Waals surface area contributed by atoms with Gasteiger partial charge in [0.05, 0.1) is 18.5 Å². The number of benzene rings is 1. The van der Waals surface area contributed by atoms with Crippen molar-refractivity contribution in [1.82, 2.24) is 20.9 Å².